The molecule has 0 saturated carbocycles. The van der Waals surface area contributed by atoms with Gasteiger partial charge in [-0.2, -0.15) is 13.2 Å². The van der Waals surface area contributed by atoms with Crippen LogP contribution < -0.4 is 10.6 Å². The van der Waals surface area contributed by atoms with Gasteiger partial charge in [-0.15, -0.1) is 0 Å². The molecule has 1 aliphatic rings. The second kappa shape index (κ2) is 6.79. The monoisotopic (exact) mass is 370 g/mol. The lowest BCUT2D eigenvalue weighted by molar-refractivity contribution is -0.137. The Morgan fingerprint density at radius 3 is 2.70 bits per heavy atom. The molecule has 11 heteroatoms. The van der Waals surface area contributed by atoms with Crippen LogP contribution in [0.5, 0.6) is 0 Å². The summed E-state index contributed by atoms with van der Waals surface area (Å²) in [6.45, 7) is 0.0670. The third-order valence-corrected chi connectivity index (χ3v) is 3.53. The van der Waals surface area contributed by atoms with Gasteiger partial charge in [0.25, 0.3) is 0 Å². The second-order valence-corrected chi connectivity index (χ2v) is 5.58. The highest BCUT2D eigenvalue weighted by molar-refractivity contribution is 6.33. The normalized spacial score (nSPS) is 18.8. The molecule has 1 saturated heterocycles. The van der Waals surface area contributed by atoms with Crippen molar-refractivity contribution >= 4 is 41.0 Å². The molecule has 6 nitrogen and oxygen atoms in total. The number of aromatic nitrogens is 1. The Labute approximate surface area is 138 Å². The number of carbonyl (C=O) groups is 2. The molecule has 2 rings (SSSR count). The number of hydrogen-bond donors (Lipinski definition) is 2. The van der Waals surface area contributed by atoms with Gasteiger partial charge in [0.15, 0.2) is 0 Å². The van der Waals surface area contributed by atoms with Crippen LogP contribution in [0.25, 0.3) is 0 Å². The van der Waals surface area contributed by atoms with E-state index in [0.29, 0.717) is 6.20 Å². The van der Waals surface area contributed by atoms with E-state index in [0.717, 1.165) is 11.0 Å². The summed E-state index contributed by atoms with van der Waals surface area (Å²) >= 11 is 11.4. The molecular formula is C12H11Cl2F3N4O2. The van der Waals surface area contributed by atoms with Gasteiger partial charge in [0.2, 0.25) is 5.91 Å². The minimum Gasteiger partial charge on any atom is -0.367 e. The van der Waals surface area contributed by atoms with Crippen molar-refractivity contribution in [3.05, 3.63) is 22.8 Å². The van der Waals surface area contributed by atoms with E-state index in [4.69, 9.17) is 23.2 Å². The first-order valence-corrected chi connectivity index (χ1v) is 7.21. The fourth-order valence-electron chi connectivity index (χ4n) is 1.88. The summed E-state index contributed by atoms with van der Waals surface area (Å²) < 4.78 is 37.5. The lowest BCUT2D eigenvalue weighted by Gasteiger charge is -2.28. The van der Waals surface area contributed by atoms with Crippen LogP contribution in [0.15, 0.2) is 12.3 Å². The van der Waals surface area contributed by atoms with Crippen LogP contribution in [0, 0.1) is 0 Å². The number of hydrogen-bond acceptors (Lipinski definition) is 4. The highest BCUT2D eigenvalue weighted by Crippen LogP contribution is 2.32. The molecule has 0 aromatic carbocycles. The molecule has 1 atom stereocenters. The Bertz CT molecular complexity index is 609. The van der Waals surface area contributed by atoms with Crippen molar-refractivity contribution in [1.82, 2.24) is 15.2 Å². The standard InChI is InChI=1S/C12H11Cl2F3N4O2/c13-7-3-6(12(15,16)17)5-19-10(7)18-1-2-21-9(22)4-8(14)20-11(21)23/h3,5,8H,1-2,4H2,(H,18,19)(H,20,23). The van der Waals surface area contributed by atoms with E-state index in [1.54, 1.807) is 0 Å². The number of nitrogens with one attached hydrogen (secondary N) is 2. The molecule has 1 fully saturated rings. The summed E-state index contributed by atoms with van der Waals surface area (Å²) in [7, 11) is 0. The minimum atomic E-state index is -4.54. The van der Waals surface area contributed by atoms with Crippen molar-refractivity contribution in [2.45, 2.75) is 18.1 Å². The van der Waals surface area contributed by atoms with Crippen LogP contribution in [0.1, 0.15) is 12.0 Å². The van der Waals surface area contributed by atoms with Gasteiger partial charge in [0, 0.05) is 19.3 Å². The molecule has 0 spiro atoms. The summed E-state index contributed by atoms with van der Waals surface area (Å²) in [6.07, 6.45) is -3.93. The number of anilines is 1. The molecule has 1 aromatic heterocycles. The zero-order valence-corrected chi connectivity index (χ0v) is 13.0. The van der Waals surface area contributed by atoms with E-state index >= 15 is 0 Å². The molecule has 0 aliphatic carbocycles. The molecule has 1 unspecified atom stereocenters. The summed E-state index contributed by atoms with van der Waals surface area (Å²) in [4.78, 5) is 27.8. The summed E-state index contributed by atoms with van der Waals surface area (Å²) in [5.41, 5.74) is -1.71. The zero-order chi connectivity index (χ0) is 17.2. The van der Waals surface area contributed by atoms with Gasteiger partial charge in [0.05, 0.1) is 17.0 Å². The molecular weight excluding hydrogens is 360 g/mol. The van der Waals surface area contributed by atoms with Crippen molar-refractivity contribution in [2.75, 3.05) is 18.4 Å². The van der Waals surface area contributed by atoms with Crippen LogP contribution in [0.4, 0.5) is 23.8 Å². The van der Waals surface area contributed by atoms with Crippen LogP contribution in [0.3, 0.4) is 0 Å². The van der Waals surface area contributed by atoms with Crippen LogP contribution in [-0.4, -0.2) is 40.4 Å². The molecule has 0 radical (unpaired) electrons. The quantitative estimate of drug-likeness (QED) is 0.631. The largest absolute Gasteiger partial charge is 0.417 e. The topological polar surface area (TPSA) is 74.3 Å². The maximum Gasteiger partial charge on any atom is 0.417 e. The first kappa shape index (κ1) is 17.6. The second-order valence-electron chi connectivity index (χ2n) is 4.65. The summed E-state index contributed by atoms with van der Waals surface area (Å²) in [6, 6.07) is 0.114. The van der Waals surface area contributed by atoms with Gasteiger partial charge in [-0.3, -0.25) is 9.69 Å². The van der Waals surface area contributed by atoms with Gasteiger partial charge in [-0.25, -0.2) is 9.78 Å². The Balaban J connectivity index is 1.94. The van der Waals surface area contributed by atoms with Crippen LogP contribution in [-0.2, 0) is 11.0 Å². The highest BCUT2D eigenvalue weighted by atomic mass is 35.5. The fourth-order valence-corrected chi connectivity index (χ4v) is 2.33. The van der Waals surface area contributed by atoms with Crippen molar-refractivity contribution in [2.24, 2.45) is 0 Å². The minimum absolute atomic E-state index is 0.00664. The van der Waals surface area contributed by atoms with E-state index in [1.165, 1.54) is 0 Å². The number of amides is 3. The Kier molecular flexibility index (Phi) is 5.20. The van der Waals surface area contributed by atoms with Crippen molar-refractivity contribution in [3.8, 4) is 0 Å². The zero-order valence-electron chi connectivity index (χ0n) is 11.5. The third kappa shape index (κ3) is 4.38. The van der Waals surface area contributed by atoms with Crippen molar-refractivity contribution in [1.29, 1.82) is 0 Å². The molecule has 1 aliphatic heterocycles. The van der Waals surface area contributed by atoms with Gasteiger partial charge >= 0.3 is 12.2 Å². The SMILES string of the molecule is O=C1CC(Cl)NC(=O)N1CCNc1ncc(C(F)(F)F)cc1Cl. The first-order valence-electron chi connectivity index (χ1n) is 6.40. The number of halogens is 5. The number of nitrogens with zero attached hydrogens (tertiary/aromatic N) is 2. The predicted octanol–water partition coefficient (Wildman–Crippen LogP) is 2.67. The molecule has 23 heavy (non-hydrogen) atoms. The first-order chi connectivity index (χ1) is 10.7. The maximum atomic E-state index is 12.5. The van der Waals surface area contributed by atoms with E-state index < -0.39 is 29.2 Å². The van der Waals surface area contributed by atoms with Crippen molar-refractivity contribution in [3.63, 3.8) is 0 Å². The number of rotatable bonds is 4. The number of pyridine rings is 1. The van der Waals surface area contributed by atoms with Gasteiger partial charge < -0.3 is 10.6 Å². The lowest BCUT2D eigenvalue weighted by Crippen LogP contribution is -2.54. The molecule has 1 aromatic rings. The van der Waals surface area contributed by atoms with E-state index in [9.17, 15) is 22.8 Å². The molecule has 3 amide bonds. The Morgan fingerprint density at radius 2 is 2.13 bits per heavy atom. The number of alkyl halides is 4. The molecule has 2 heterocycles. The van der Waals surface area contributed by atoms with Gasteiger partial charge in [-0.1, -0.05) is 23.2 Å². The number of imide groups is 1. The van der Waals surface area contributed by atoms with E-state index in [1.807, 2.05) is 0 Å². The van der Waals surface area contributed by atoms with Gasteiger partial charge in [0.1, 0.15) is 11.3 Å². The number of carbonyl (C=O) groups excluding carboxylic acids is 2. The summed E-state index contributed by atoms with van der Waals surface area (Å²) in [5, 5.41) is 4.84. The average Bonchev–Trinajstić information content (AvgIpc) is 2.42. The average molecular weight is 371 g/mol. The Morgan fingerprint density at radius 1 is 1.43 bits per heavy atom. The molecule has 2 N–H and O–H groups in total. The predicted molar refractivity (Wildman–Crippen MR) is 77.2 cm³/mol. The number of urea groups is 1. The highest BCUT2D eigenvalue weighted by Gasteiger charge is 2.32. The van der Waals surface area contributed by atoms with E-state index in [2.05, 4.69) is 15.6 Å². The molecule has 126 valence electrons. The lowest BCUT2D eigenvalue weighted by atomic mass is 10.2. The maximum absolute atomic E-state index is 12.5. The summed E-state index contributed by atoms with van der Waals surface area (Å²) in [5.74, 6) is -0.415. The third-order valence-electron chi connectivity index (χ3n) is 2.98. The van der Waals surface area contributed by atoms with Crippen LogP contribution in [0.2, 0.25) is 5.02 Å². The van der Waals surface area contributed by atoms with E-state index in [-0.39, 0.29) is 30.4 Å². The Hall–Kier alpha value is -1.74. The smallest absolute Gasteiger partial charge is 0.367 e. The van der Waals surface area contributed by atoms with Gasteiger partial charge in [-0.05, 0) is 6.07 Å². The van der Waals surface area contributed by atoms with Crippen LogP contribution >= 0.6 is 23.2 Å². The fraction of sp³-hybridized carbons (Fsp3) is 0.417. The van der Waals surface area contributed by atoms with Crippen molar-refractivity contribution < 1.29 is 22.8 Å². The molecule has 0 bridgehead atoms.